The maximum absolute atomic E-state index is 10.5. The molecule has 0 fully saturated rings. The van der Waals surface area contributed by atoms with Gasteiger partial charge in [-0.05, 0) is 6.42 Å². The van der Waals surface area contributed by atoms with Gasteiger partial charge in [-0.1, -0.05) is 58.8 Å². The van der Waals surface area contributed by atoms with Crippen LogP contribution in [0.25, 0.3) is 0 Å². The van der Waals surface area contributed by atoms with Gasteiger partial charge in [-0.15, -0.1) is 0 Å². The van der Waals surface area contributed by atoms with Crippen molar-refractivity contribution in [1.82, 2.24) is 0 Å². The summed E-state index contributed by atoms with van der Waals surface area (Å²) in [7, 11) is 0. The van der Waals surface area contributed by atoms with Gasteiger partial charge >= 0.3 is 5.97 Å². The molecule has 1 radical (unpaired) electrons. The molecule has 1 atom stereocenters. The molecule has 0 spiro atoms. The predicted molar refractivity (Wildman–Crippen MR) is 59.4 cm³/mol. The Kier molecular flexibility index (Phi) is 14.0. The molecule has 0 aromatic rings. The van der Waals surface area contributed by atoms with E-state index >= 15 is 0 Å². The van der Waals surface area contributed by atoms with Gasteiger partial charge in [-0.2, -0.15) is 0 Å². The summed E-state index contributed by atoms with van der Waals surface area (Å²) in [4.78, 5) is 10.5. The van der Waals surface area contributed by atoms with Crippen molar-refractivity contribution < 1.29 is 27.0 Å². The minimum absolute atomic E-state index is 0. The monoisotopic (exact) mass is 263 g/mol. The summed E-state index contributed by atoms with van der Waals surface area (Å²) in [6, 6.07) is 0. The van der Waals surface area contributed by atoms with E-state index < -0.39 is 5.97 Å². The number of carboxylic acid groups (broad SMARTS) is 1. The van der Waals surface area contributed by atoms with E-state index in [2.05, 4.69) is 6.92 Å². The van der Waals surface area contributed by atoms with Gasteiger partial charge < -0.3 is 5.11 Å². The van der Waals surface area contributed by atoms with Crippen molar-refractivity contribution in [1.29, 1.82) is 0 Å². The van der Waals surface area contributed by atoms with Gasteiger partial charge in [0, 0.05) is 17.1 Å². The minimum atomic E-state index is -0.656. The first kappa shape index (κ1) is 17.4. The van der Waals surface area contributed by atoms with Crippen molar-refractivity contribution in [2.45, 2.75) is 65.2 Å². The Morgan fingerprint density at radius 2 is 1.53 bits per heavy atom. The number of carbonyl (C=O) groups is 1. The Balaban J connectivity index is 0. The van der Waals surface area contributed by atoms with Crippen LogP contribution in [-0.4, -0.2) is 11.1 Å². The molecule has 0 rings (SSSR count). The van der Waals surface area contributed by atoms with Gasteiger partial charge in [0.1, 0.15) is 0 Å². The molecule has 0 bridgehead atoms. The molecule has 0 saturated heterocycles. The van der Waals surface area contributed by atoms with Crippen molar-refractivity contribution in [3.8, 4) is 0 Å². The fourth-order valence-corrected chi connectivity index (χ4v) is 1.53. The Bertz CT molecular complexity index is 149. The molecule has 1 N–H and O–H groups in total. The fourth-order valence-electron chi connectivity index (χ4n) is 1.53. The molecule has 1 unspecified atom stereocenters. The number of hydrogen-bond donors (Lipinski definition) is 1. The standard InChI is InChI=1S/C12H24O2.Cu/c1-3-4-5-6-7-8-9-10-11(2)12(13)14;/h11H,3-10H2,1-2H3,(H,13,14);. The molecule has 0 aromatic carbocycles. The van der Waals surface area contributed by atoms with E-state index in [1.54, 1.807) is 6.92 Å². The smallest absolute Gasteiger partial charge is 0.306 e. The van der Waals surface area contributed by atoms with Crippen LogP contribution in [0.1, 0.15) is 65.2 Å². The molecule has 0 saturated carbocycles. The van der Waals surface area contributed by atoms with E-state index in [1.807, 2.05) is 0 Å². The van der Waals surface area contributed by atoms with Crippen LogP contribution in [0, 0.1) is 5.92 Å². The Morgan fingerprint density at radius 1 is 1.07 bits per heavy atom. The topological polar surface area (TPSA) is 37.3 Å². The molecule has 95 valence electrons. The zero-order valence-electron chi connectivity index (χ0n) is 9.89. The van der Waals surface area contributed by atoms with Gasteiger partial charge in [0.2, 0.25) is 0 Å². The Labute approximate surface area is 104 Å². The summed E-state index contributed by atoms with van der Waals surface area (Å²) in [5.41, 5.74) is 0. The van der Waals surface area contributed by atoms with Gasteiger partial charge in [-0.25, -0.2) is 0 Å². The van der Waals surface area contributed by atoms with Crippen LogP contribution < -0.4 is 0 Å². The van der Waals surface area contributed by atoms with Gasteiger partial charge in [0.15, 0.2) is 0 Å². The SMILES string of the molecule is CCCCCCCCCC(C)C(=O)O.[Cu]. The molecular weight excluding hydrogens is 240 g/mol. The molecule has 0 aliphatic heterocycles. The number of hydrogen-bond acceptors (Lipinski definition) is 1. The van der Waals surface area contributed by atoms with Crippen LogP contribution in [0.2, 0.25) is 0 Å². The van der Waals surface area contributed by atoms with Gasteiger partial charge in [-0.3, -0.25) is 4.79 Å². The van der Waals surface area contributed by atoms with E-state index in [0.29, 0.717) is 0 Å². The van der Waals surface area contributed by atoms with Crippen LogP contribution in [-0.2, 0) is 21.9 Å². The first-order valence-electron chi connectivity index (χ1n) is 5.91. The third-order valence-electron chi connectivity index (χ3n) is 2.66. The summed E-state index contributed by atoms with van der Waals surface area (Å²) >= 11 is 0. The van der Waals surface area contributed by atoms with Crippen molar-refractivity contribution in [3.63, 3.8) is 0 Å². The maximum Gasteiger partial charge on any atom is 0.306 e. The number of rotatable bonds is 9. The van der Waals surface area contributed by atoms with E-state index in [9.17, 15) is 4.79 Å². The zero-order valence-corrected chi connectivity index (χ0v) is 10.8. The second-order valence-electron chi connectivity index (χ2n) is 4.15. The van der Waals surface area contributed by atoms with Crippen molar-refractivity contribution >= 4 is 5.97 Å². The molecule has 2 nitrogen and oxygen atoms in total. The molecule has 0 amide bonds. The van der Waals surface area contributed by atoms with E-state index in [1.165, 1.54) is 38.5 Å². The number of carboxylic acids is 1. The minimum Gasteiger partial charge on any atom is -0.481 e. The third kappa shape index (κ3) is 11.9. The first-order valence-corrected chi connectivity index (χ1v) is 5.91. The first-order chi connectivity index (χ1) is 6.68. The average Bonchev–Trinajstić information content (AvgIpc) is 2.16. The Hall–Kier alpha value is -0.0105. The quantitative estimate of drug-likeness (QED) is 0.507. The van der Waals surface area contributed by atoms with Crippen molar-refractivity contribution in [2.75, 3.05) is 0 Å². The van der Waals surface area contributed by atoms with Crippen LogP contribution >= 0.6 is 0 Å². The average molecular weight is 264 g/mol. The van der Waals surface area contributed by atoms with E-state index in [0.717, 1.165) is 12.8 Å². The summed E-state index contributed by atoms with van der Waals surface area (Å²) in [5.74, 6) is -0.818. The summed E-state index contributed by atoms with van der Waals surface area (Å²) in [6.45, 7) is 4.01. The van der Waals surface area contributed by atoms with E-state index in [4.69, 9.17) is 5.11 Å². The number of aliphatic carboxylic acids is 1. The van der Waals surface area contributed by atoms with E-state index in [-0.39, 0.29) is 23.0 Å². The van der Waals surface area contributed by atoms with Gasteiger partial charge in [0.05, 0.1) is 5.92 Å². The van der Waals surface area contributed by atoms with Crippen LogP contribution in [0.15, 0.2) is 0 Å². The third-order valence-corrected chi connectivity index (χ3v) is 2.66. The fraction of sp³-hybridized carbons (Fsp3) is 0.917. The molecule has 0 aliphatic carbocycles. The molecule has 0 heterocycles. The van der Waals surface area contributed by atoms with Crippen LogP contribution in [0.4, 0.5) is 0 Å². The van der Waals surface area contributed by atoms with Crippen LogP contribution in [0.5, 0.6) is 0 Å². The van der Waals surface area contributed by atoms with Crippen LogP contribution in [0.3, 0.4) is 0 Å². The van der Waals surface area contributed by atoms with Crippen molar-refractivity contribution in [3.05, 3.63) is 0 Å². The molecule has 0 aromatic heterocycles. The molecule has 15 heavy (non-hydrogen) atoms. The summed E-state index contributed by atoms with van der Waals surface area (Å²) < 4.78 is 0. The summed E-state index contributed by atoms with van der Waals surface area (Å²) in [5, 5.41) is 8.65. The van der Waals surface area contributed by atoms with Crippen molar-refractivity contribution in [2.24, 2.45) is 5.92 Å². The number of unbranched alkanes of at least 4 members (excludes halogenated alkanes) is 6. The summed E-state index contributed by atoms with van der Waals surface area (Å²) in [6.07, 6.45) is 9.65. The predicted octanol–water partition coefficient (Wildman–Crippen LogP) is 3.85. The zero-order chi connectivity index (χ0) is 10.8. The molecular formula is C12H24CuO2. The maximum atomic E-state index is 10.5. The Morgan fingerprint density at radius 3 is 2.00 bits per heavy atom. The molecule has 3 heteroatoms. The second-order valence-corrected chi connectivity index (χ2v) is 4.15. The normalized spacial score (nSPS) is 11.9. The van der Waals surface area contributed by atoms with Gasteiger partial charge in [0.25, 0.3) is 0 Å². The molecule has 0 aliphatic rings. The second kappa shape index (κ2) is 12.1. The largest absolute Gasteiger partial charge is 0.481 e.